The molecular weight excluding hydrogens is 258 g/mol. The van der Waals surface area contributed by atoms with E-state index in [0.29, 0.717) is 24.5 Å². The van der Waals surface area contributed by atoms with E-state index in [1.54, 1.807) is 13.0 Å². The van der Waals surface area contributed by atoms with Gasteiger partial charge in [-0.25, -0.2) is 13.2 Å². The summed E-state index contributed by atoms with van der Waals surface area (Å²) in [6.45, 7) is 2.07. The van der Waals surface area contributed by atoms with Crippen LogP contribution in [0.3, 0.4) is 0 Å². The molecule has 1 saturated heterocycles. The Balaban J connectivity index is 1.76. The fraction of sp³-hybridized carbons (Fsp3) is 0.600. The van der Waals surface area contributed by atoms with Crippen LogP contribution in [0.2, 0.25) is 0 Å². The van der Waals surface area contributed by atoms with E-state index in [2.05, 4.69) is 15.8 Å². The van der Waals surface area contributed by atoms with Gasteiger partial charge in [0.05, 0.1) is 11.5 Å². The van der Waals surface area contributed by atoms with Crippen LogP contribution < -0.4 is 10.6 Å². The molecule has 1 aliphatic heterocycles. The zero-order chi connectivity index (χ0) is 13.2. The molecule has 2 rings (SSSR count). The van der Waals surface area contributed by atoms with Crippen molar-refractivity contribution in [2.24, 2.45) is 5.92 Å². The van der Waals surface area contributed by atoms with Crippen LogP contribution in [0.5, 0.6) is 0 Å². The third-order valence-corrected chi connectivity index (χ3v) is 4.58. The Morgan fingerprint density at radius 3 is 2.94 bits per heavy atom. The lowest BCUT2D eigenvalue weighted by Gasteiger charge is -2.09. The first-order valence-electron chi connectivity index (χ1n) is 5.63. The fourth-order valence-electron chi connectivity index (χ4n) is 1.86. The maximum atomic E-state index is 11.5. The molecule has 18 heavy (non-hydrogen) atoms. The predicted molar refractivity (Wildman–Crippen MR) is 65.0 cm³/mol. The molecule has 2 amide bonds. The van der Waals surface area contributed by atoms with Crippen LogP contribution in [0.1, 0.15) is 12.2 Å². The highest BCUT2D eigenvalue weighted by Gasteiger charge is 2.27. The van der Waals surface area contributed by atoms with Gasteiger partial charge in [0.2, 0.25) is 0 Å². The number of aromatic nitrogens is 1. The molecule has 2 N–H and O–H groups in total. The normalized spacial score (nSPS) is 21.7. The van der Waals surface area contributed by atoms with E-state index in [0.717, 1.165) is 0 Å². The maximum absolute atomic E-state index is 11.5. The van der Waals surface area contributed by atoms with Gasteiger partial charge in [0, 0.05) is 12.6 Å². The van der Waals surface area contributed by atoms with Crippen molar-refractivity contribution in [3.63, 3.8) is 0 Å². The van der Waals surface area contributed by atoms with Gasteiger partial charge in [-0.05, 0) is 19.3 Å². The van der Waals surface area contributed by atoms with E-state index < -0.39 is 15.9 Å². The Hall–Kier alpha value is -1.57. The predicted octanol–water partition coefficient (Wildman–Crippen LogP) is 0.539. The maximum Gasteiger partial charge on any atom is 0.320 e. The topological polar surface area (TPSA) is 101 Å². The second-order valence-corrected chi connectivity index (χ2v) is 6.66. The molecule has 1 aromatic rings. The summed E-state index contributed by atoms with van der Waals surface area (Å²) in [6, 6.07) is 1.19. The van der Waals surface area contributed by atoms with Crippen molar-refractivity contribution in [1.29, 1.82) is 0 Å². The van der Waals surface area contributed by atoms with E-state index in [1.807, 2.05) is 0 Å². The van der Waals surface area contributed by atoms with Gasteiger partial charge in [0.25, 0.3) is 0 Å². The smallest absolute Gasteiger partial charge is 0.320 e. The van der Waals surface area contributed by atoms with Crippen molar-refractivity contribution >= 4 is 21.7 Å². The number of hydrogen-bond acceptors (Lipinski definition) is 5. The van der Waals surface area contributed by atoms with Gasteiger partial charge >= 0.3 is 6.03 Å². The number of rotatable bonds is 3. The van der Waals surface area contributed by atoms with Crippen molar-refractivity contribution in [1.82, 2.24) is 10.5 Å². The molecule has 0 aliphatic carbocycles. The van der Waals surface area contributed by atoms with Gasteiger partial charge < -0.3 is 9.84 Å². The van der Waals surface area contributed by atoms with Crippen LogP contribution in [0, 0.1) is 12.8 Å². The molecule has 1 aliphatic rings. The summed E-state index contributed by atoms with van der Waals surface area (Å²) in [7, 11) is -2.90. The van der Waals surface area contributed by atoms with Crippen LogP contribution in [0.25, 0.3) is 0 Å². The number of amides is 2. The number of urea groups is 1. The average molecular weight is 273 g/mol. The molecule has 100 valence electrons. The summed E-state index contributed by atoms with van der Waals surface area (Å²) in [6.07, 6.45) is 0.603. The number of aryl methyl sites for hydroxylation is 1. The lowest BCUT2D eigenvalue weighted by atomic mass is 10.1. The third-order valence-electron chi connectivity index (χ3n) is 2.75. The van der Waals surface area contributed by atoms with E-state index in [4.69, 9.17) is 4.52 Å². The molecule has 7 nitrogen and oxygen atoms in total. The Kier molecular flexibility index (Phi) is 3.55. The standard InChI is InChI=1S/C10H15N3O4S/c1-7-4-9(13-17-7)12-10(14)11-5-8-2-3-18(15,16)6-8/h4,8H,2-3,5-6H2,1H3,(H2,11,12,13,14)/t8-/m1/s1. The highest BCUT2D eigenvalue weighted by molar-refractivity contribution is 7.91. The highest BCUT2D eigenvalue weighted by atomic mass is 32.2. The highest BCUT2D eigenvalue weighted by Crippen LogP contribution is 2.17. The Bertz CT molecular complexity index is 537. The second kappa shape index (κ2) is 4.97. The molecule has 0 saturated carbocycles. The molecule has 0 spiro atoms. The van der Waals surface area contributed by atoms with Crippen molar-refractivity contribution in [2.45, 2.75) is 13.3 Å². The number of nitrogens with zero attached hydrogens (tertiary/aromatic N) is 1. The largest absolute Gasteiger partial charge is 0.360 e. The number of hydrogen-bond donors (Lipinski definition) is 2. The summed E-state index contributed by atoms with van der Waals surface area (Å²) < 4.78 is 27.3. The first-order valence-corrected chi connectivity index (χ1v) is 7.45. The van der Waals surface area contributed by atoms with Crippen LogP contribution >= 0.6 is 0 Å². The molecule has 1 fully saturated rings. The summed E-state index contributed by atoms with van der Waals surface area (Å²) >= 11 is 0. The van der Waals surface area contributed by atoms with Crippen molar-refractivity contribution in [3.05, 3.63) is 11.8 Å². The van der Waals surface area contributed by atoms with Gasteiger partial charge in [-0.2, -0.15) is 0 Å². The minimum atomic E-state index is -2.90. The summed E-state index contributed by atoms with van der Waals surface area (Å²) in [5.41, 5.74) is 0. The lowest BCUT2D eigenvalue weighted by molar-refractivity contribution is 0.250. The number of nitrogens with one attached hydrogen (secondary N) is 2. The Morgan fingerprint density at radius 2 is 2.39 bits per heavy atom. The lowest BCUT2D eigenvalue weighted by Crippen LogP contribution is -2.33. The van der Waals surface area contributed by atoms with Crippen LogP contribution in [0.4, 0.5) is 10.6 Å². The Morgan fingerprint density at radius 1 is 1.61 bits per heavy atom. The molecule has 0 aromatic carbocycles. The fourth-order valence-corrected chi connectivity index (χ4v) is 3.72. The van der Waals surface area contributed by atoms with E-state index >= 15 is 0 Å². The van der Waals surface area contributed by atoms with Gasteiger partial charge in [0.1, 0.15) is 5.76 Å². The minimum absolute atomic E-state index is 0.000190. The molecule has 1 atom stereocenters. The van der Waals surface area contributed by atoms with Gasteiger partial charge in [-0.15, -0.1) is 0 Å². The third kappa shape index (κ3) is 3.46. The average Bonchev–Trinajstić information content (AvgIpc) is 2.82. The molecule has 2 heterocycles. The van der Waals surface area contributed by atoms with E-state index in [1.165, 1.54) is 0 Å². The molecule has 1 aromatic heterocycles. The van der Waals surface area contributed by atoms with Crippen LogP contribution in [-0.4, -0.2) is 37.7 Å². The van der Waals surface area contributed by atoms with Gasteiger partial charge in [0.15, 0.2) is 15.7 Å². The summed E-state index contributed by atoms with van der Waals surface area (Å²) in [4.78, 5) is 11.5. The first kappa shape index (κ1) is 12.9. The van der Waals surface area contributed by atoms with E-state index in [9.17, 15) is 13.2 Å². The zero-order valence-corrected chi connectivity index (χ0v) is 10.8. The number of sulfone groups is 1. The van der Waals surface area contributed by atoms with Crippen LogP contribution in [0.15, 0.2) is 10.6 Å². The van der Waals surface area contributed by atoms with Gasteiger partial charge in [-0.1, -0.05) is 5.16 Å². The zero-order valence-electron chi connectivity index (χ0n) is 9.97. The van der Waals surface area contributed by atoms with Crippen molar-refractivity contribution in [3.8, 4) is 0 Å². The monoisotopic (exact) mass is 273 g/mol. The van der Waals surface area contributed by atoms with E-state index in [-0.39, 0.29) is 17.4 Å². The summed E-state index contributed by atoms with van der Waals surface area (Å²) in [5, 5.41) is 8.74. The SMILES string of the molecule is Cc1cc(NC(=O)NC[C@H]2CCS(=O)(=O)C2)no1. The number of anilines is 1. The quantitative estimate of drug-likeness (QED) is 0.837. The molecular formula is C10H15N3O4S. The molecule has 8 heteroatoms. The van der Waals surface area contributed by atoms with Crippen molar-refractivity contribution < 1.29 is 17.7 Å². The number of carbonyl (C=O) groups is 1. The Labute approximate surface area is 105 Å². The second-order valence-electron chi connectivity index (χ2n) is 4.43. The number of carbonyl (C=O) groups excluding carboxylic acids is 1. The van der Waals surface area contributed by atoms with Gasteiger partial charge in [-0.3, -0.25) is 5.32 Å². The summed E-state index contributed by atoms with van der Waals surface area (Å²) in [5.74, 6) is 1.30. The molecule has 0 radical (unpaired) electrons. The minimum Gasteiger partial charge on any atom is -0.360 e. The molecule has 0 unspecified atom stereocenters. The van der Waals surface area contributed by atoms with Crippen molar-refractivity contribution in [2.75, 3.05) is 23.4 Å². The van der Waals surface area contributed by atoms with Crippen LogP contribution in [-0.2, 0) is 9.84 Å². The molecule has 0 bridgehead atoms. The first-order chi connectivity index (χ1) is 8.44.